The van der Waals surface area contributed by atoms with Gasteiger partial charge in [-0.25, -0.2) is 0 Å². The third kappa shape index (κ3) is 3.03. The Labute approximate surface area is 183 Å². The fourth-order valence-electron chi connectivity index (χ4n) is 3.91. The van der Waals surface area contributed by atoms with Gasteiger partial charge < -0.3 is 4.42 Å². The van der Waals surface area contributed by atoms with Gasteiger partial charge in [0.25, 0.3) is 11.6 Å². The average Bonchev–Trinajstić information content (AvgIpc) is 3.07. The van der Waals surface area contributed by atoms with Crippen LogP contribution in [-0.4, -0.2) is 10.8 Å². The molecule has 5 rings (SSSR count). The summed E-state index contributed by atoms with van der Waals surface area (Å²) >= 11 is 3.38. The van der Waals surface area contributed by atoms with E-state index >= 15 is 0 Å². The standard InChI is InChI=1S/C23H13BrN2O5/c24-14-8-10-15(11-9-14)25-20(13-4-3-5-16(12-13)26(29)30)19-21(27)17-6-1-2-7-18(17)31-22(19)23(25)28/h1-12,20H. The number of halogens is 1. The Morgan fingerprint density at radius 1 is 0.968 bits per heavy atom. The summed E-state index contributed by atoms with van der Waals surface area (Å²) in [6.45, 7) is 0. The second-order valence-electron chi connectivity index (χ2n) is 7.08. The van der Waals surface area contributed by atoms with Gasteiger partial charge >= 0.3 is 0 Å². The molecule has 1 aliphatic rings. The van der Waals surface area contributed by atoms with Gasteiger partial charge in [0.1, 0.15) is 5.58 Å². The first-order valence-electron chi connectivity index (χ1n) is 9.35. The minimum atomic E-state index is -0.857. The lowest BCUT2D eigenvalue weighted by Gasteiger charge is -2.25. The fourth-order valence-corrected chi connectivity index (χ4v) is 4.18. The molecule has 1 aromatic heterocycles. The number of nitro benzene ring substituents is 1. The molecule has 0 fully saturated rings. The lowest BCUT2D eigenvalue weighted by atomic mass is 9.98. The highest BCUT2D eigenvalue weighted by Gasteiger charge is 2.44. The zero-order valence-corrected chi connectivity index (χ0v) is 17.4. The highest BCUT2D eigenvalue weighted by molar-refractivity contribution is 9.10. The summed E-state index contributed by atoms with van der Waals surface area (Å²) in [5.41, 5.74) is 1.02. The van der Waals surface area contributed by atoms with Gasteiger partial charge in [-0.15, -0.1) is 0 Å². The number of carbonyl (C=O) groups is 1. The number of para-hydroxylation sites is 1. The molecule has 0 spiro atoms. The maximum atomic E-state index is 13.4. The predicted molar refractivity (Wildman–Crippen MR) is 118 cm³/mol. The summed E-state index contributed by atoms with van der Waals surface area (Å²) in [6, 6.07) is 18.9. The average molecular weight is 477 g/mol. The third-order valence-electron chi connectivity index (χ3n) is 5.28. The number of non-ortho nitro benzene ring substituents is 1. The summed E-state index contributed by atoms with van der Waals surface area (Å²) in [5.74, 6) is -0.528. The normalized spacial score (nSPS) is 15.3. The minimum Gasteiger partial charge on any atom is -0.450 e. The maximum Gasteiger partial charge on any atom is 0.295 e. The lowest BCUT2D eigenvalue weighted by molar-refractivity contribution is -0.384. The molecule has 0 N–H and O–H groups in total. The van der Waals surface area contributed by atoms with Gasteiger partial charge in [-0.2, -0.15) is 0 Å². The van der Waals surface area contributed by atoms with Crippen LogP contribution in [0.4, 0.5) is 11.4 Å². The molecule has 1 atom stereocenters. The summed E-state index contributed by atoms with van der Waals surface area (Å²) in [4.78, 5) is 39.1. The van der Waals surface area contributed by atoms with Crippen LogP contribution in [0, 0.1) is 10.1 Å². The van der Waals surface area contributed by atoms with E-state index in [9.17, 15) is 19.7 Å². The number of hydrogen-bond donors (Lipinski definition) is 0. The zero-order valence-electron chi connectivity index (χ0n) is 15.8. The Hall–Kier alpha value is -3.78. The molecule has 0 bridgehead atoms. The van der Waals surface area contributed by atoms with Crippen molar-refractivity contribution in [2.75, 3.05) is 4.90 Å². The monoisotopic (exact) mass is 476 g/mol. The summed E-state index contributed by atoms with van der Waals surface area (Å²) in [5, 5.41) is 11.7. The van der Waals surface area contributed by atoms with E-state index in [-0.39, 0.29) is 22.4 Å². The smallest absolute Gasteiger partial charge is 0.295 e. The van der Waals surface area contributed by atoms with Crippen molar-refractivity contribution < 1.29 is 14.1 Å². The van der Waals surface area contributed by atoms with E-state index in [1.54, 1.807) is 60.7 Å². The van der Waals surface area contributed by atoms with E-state index in [1.165, 1.54) is 17.0 Å². The molecule has 0 saturated carbocycles. The van der Waals surface area contributed by atoms with Crippen LogP contribution < -0.4 is 10.3 Å². The number of carbonyl (C=O) groups excluding carboxylic acids is 1. The summed E-state index contributed by atoms with van der Waals surface area (Å²) < 4.78 is 6.69. The van der Waals surface area contributed by atoms with Gasteiger partial charge in [-0.3, -0.25) is 24.6 Å². The number of fused-ring (bicyclic) bond motifs is 2. The molecule has 1 amide bonds. The van der Waals surface area contributed by atoms with Crippen LogP contribution in [0.25, 0.3) is 11.0 Å². The number of rotatable bonds is 3. The molecule has 7 nitrogen and oxygen atoms in total. The zero-order chi connectivity index (χ0) is 21.7. The van der Waals surface area contributed by atoms with Crippen LogP contribution in [0.1, 0.15) is 27.7 Å². The molecule has 1 aliphatic heterocycles. The van der Waals surface area contributed by atoms with Crippen molar-refractivity contribution in [2.24, 2.45) is 0 Å². The molecule has 8 heteroatoms. The first kappa shape index (κ1) is 19.2. The van der Waals surface area contributed by atoms with E-state index in [1.807, 2.05) is 0 Å². The fraction of sp³-hybridized carbons (Fsp3) is 0.0435. The second kappa shape index (κ2) is 7.17. The van der Waals surface area contributed by atoms with Crippen LogP contribution in [-0.2, 0) is 0 Å². The van der Waals surface area contributed by atoms with E-state index < -0.39 is 16.9 Å². The van der Waals surface area contributed by atoms with Crippen molar-refractivity contribution in [1.82, 2.24) is 0 Å². The van der Waals surface area contributed by atoms with Gasteiger partial charge in [0.2, 0.25) is 5.76 Å². The number of hydrogen-bond acceptors (Lipinski definition) is 5. The van der Waals surface area contributed by atoms with Crippen molar-refractivity contribution in [3.63, 3.8) is 0 Å². The quantitative estimate of drug-likeness (QED) is 0.298. The largest absolute Gasteiger partial charge is 0.450 e. The molecule has 4 aromatic rings. The topological polar surface area (TPSA) is 93.7 Å². The van der Waals surface area contributed by atoms with Crippen molar-refractivity contribution in [1.29, 1.82) is 0 Å². The van der Waals surface area contributed by atoms with Gasteiger partial charge in [0, 0.05) is 22.3 Å². The molecule has 31 heavy (non-hydrogen) atoms. The number of anilines is 1. The van der Waals surface area contributed by atoms with Crippen LogP contribution >= 0.6 is 15.9 Å². The van der Waals surface area contributed by atoms with Crippen molar-refractivity contribution in [3.05, 3.63) is 114 Å². The Bertz CT molecular complexity index is 1430. The third-order valence-corrected chi connectivity index (χ3v) is 5.81. The number of benzene rings is 3. The van der Waals surface area contributed by atoms with Crippen LogP contribution in [0.3, 0.4) is 0 Å². The molecule has 2 heterocycles. The number of nitro groups is 1. The maximum absolute atomic E-state index is 13.4. The molecular formula is C23H13BrN2O5. The van der Waals surface area contributed by atoms with Crippen molar-refractivity contribution in [2.45, 2.75) is 6.04 Å². The van der Waals surface area contributed by atoms with Crippen LogP contribution in [0.15, 0.2) is 86.5 Å². The molecule has 152 valence electrons. The first-order chi connectivity index (χ1) is 15.0. The Morgan fingerprint density at radius 3 is 2.45 bits per heavy atom. The van der Waals surface area contributed by atoms with E-state index in [4.69, 9.17) is 4.42 Å². The van der Waals surface area contributed by atoms with Gasteiger partial charge in [-0.05, 0) is 42.0 Å². The molecule has 0 aliphatic carbocycles. The Kier molecular flexibility index (Phi) is 4.44. The lowest BCUT2D eigenvalue weighted by Crippen LogP contribution is -2.29. The number of amides is 1. The van der Waals surface area contributed by atoms with E-state index in [2.05, 4.69) is 15.9 Å². The minimum absolute atomic E-state index is 0.0527. The highest BCUT2D eigenvalue weighted by atomic mass is 79.9. The van der Waals surface area contributed by atoms with E-state index in [0.717, 1.165) is 4.47 Å². The molecule has 1 unspecified atom stereocenters. The summed E-state index contributed by atoms with van der Waals surface area (Å²) in [6.07, 6.45) is 0. The van der Waals surface area contributed by atoms with Gasteiger partial charge in [0.05, 0.1) is 21.9 Å². The first-order valence-corrected chi connectivity index (χ1v) is 10.1. The molecule has 0 saturated heterocycles. The van der Waals surface area contributed by atoms with Gasteiger partial charge in [0.15, 0.2) is 5.43 Å². The SMILES string of the molecule is O=C1c2oc3ccccc3c(=O)c2C(c2cccc([N+](=O)[O-])c2)N1c1ccc(Br)cc1. The summed E-state index contributed by atoms with van der Waals surface area (Å²) in [7, 11) is 0. The van der Waals surface area contributed by atoms with Crippen molar-refractivity contribution >= 4 is 44.2 Å². The molecule has 3 aromatic carbocycles. The predicted octanol–water partition coefficient (Wildman–Crippen LogP) is 5.21. The van der Waals surface area contributed by atoms with Crippen molar-refractivity contribution in [3.8, 4) is 0 Å². The van der Waals surface area contributed by atoms with Crippen LogP contribution in [0.5, 0.6) is 0 Å². The highest BCUT2D eigenvalue weighted by Crippen LogP contribution is 2.42. The van der Waals surface area contributed by atoms with Gasteiger partial charge in [-0.1, -0.05) is 40.2 Å². The molecular weight excluding hydrogens is 464 g/mol. The Balaban J connectivity index is 1.81. The molecule has 0 radical (unpaired) electrons. The second-order valence-corrected chi connectivity index (χ2v) is 7.99. The van der Waals surface area contributed by atoms with Crippen LogP contribution in [0.2, 0.25) is 0 Å². The van der Waals surface area contributed by atoms with E-state index in [0.29, 0.717) is 22.2 Å². The number of nitrogens with zero attached hydrogens (tertiary/aromatic N) is 2. The Morgan fingerprint density at radius 2 is 1.71 bits per heavy atom.